The zero-order chi connectivity index (χ0) is 11.4. The highest BCUT2D eigenvalue weighted by Gasteiger charge is 2.18. The zero-order valence-corrected chi connectivity index (χ0v) is 11.9. The third-order valence-corrected chi connectivity index (χ3v) is 4.33. The SMILES string of the molecule is CN(C)c1ccccc1C(=O)C(Br)CBr. The van der Waals surface area contributed by atoms with Crippen LogP contribution in [0.3, 0.4) is 0 Å². The first-order valence-corrected chi connectivity index (χ1v) is 6.62. The number of halogens is 2. The molecule has 1 unspecified atom stereocenters. The third kappa shape index (κ3) is 3.05. The normalized spacial score (nSPS) is 12.3. The van der Waals surface area contributed by atoms with E-state index in [0.29, 0.717) is 5.33 Å². The summed E-state index contributed by atoms with van der Waals surface area (Å²) in [7, 11) is 3.87. The number of ketones is 1. The number of carbonyl (C=O) groups excluding carboxylic acids is 1. The molecule has 1 aromatic rings. The average molecular weight is 335 g/mol. The van der Waals surface area contributed by atoms with E-state index in [-0.39, 0.29) is 10.6 Å². The topological polar surface area (TPSA) is 20.3 Å². The van der Waals surface area contributed by atoms with Crippen LogP contribution in [-0.2, 0) is 0 Å². The molecule has 0 aliphatic rings. The highest BCUT2D eigenvalue weighted by atomic mass is 79.9. The molecule has 0 aliphatic heterocycles. The molecule has 4 heteroatoms. The molecule has 2 nitrogen and oxygen atoms in total. The Balaban J connectivity index is 3.08. The van der Waals surface area contributed by atoms with Crippen molar-refractivity contribution >= 4 is 43.3 Å². The van der Waals surface area contributed by atoms with Crippen LogP contribution in [0.15, 0.2) is 24.3 Å². The van der Waals surface area contributed by atoms with Crippen LogP contribution in [0.1, 0.15) is 10.4 Å². The summed E-state index contributed by atoms with van der Waals surface area (Å²) in [6, 6.07) is 7.62. The number of carbonyl (C=O) groups is 1. The minimum Gasteiger partial charge on any atom is -0.377 e. The molecule has 0 amide bonds. The summed E-state index contributed by atoms with van der Waals surface area (Å²) in [6.07, 6.45) is 0. The van der Waals surface area contributed by atoms with Crippen molar-refractivity contribution in [3.05, 3.63) is 29.8 Å². The Morgan fingerprint density at radius 2 is 2.00 bits per heavy atom. The first kappa shape index (κ1) is 12.7. The molecule has 1 aromatic carbocycles. The number of anilines is 1. The molecule has 15 heavy (non-hydrogen) atoms. The number of hydrogen-bond acceptors (Lipinski definition) is 2. The van der Waals surface area contributed by atoms with Crippen LogP contribution in [0.25, 0.3) is 0 Å². The fourth-order valence-corrected chi connectivity index (χ4v) is 1.85. The van der Waals surface area contributed by atoms with Gasteiger partial charge in [-0.25, -0.2) is 0 Å². The Morgan fingerprint density at radius 3 is 2.53 bits per heavy atom. The summed E-state index contributed by atoms with van der Waals surface area (Å²) >= 11 is 6.64. The molecular weight excluding hydrogens is 322 g/mol. The number of alkyl halides is 2. The second-order valence-corrected chi connectivity index (χ2v) is 5.15. The van der Waals surface area contributed by atoms with Crippen molar-refractivity contribution in [1.82, 2.24) is 0 Å². The fourth-order valence-electron chi connectivity index (χ4n) is 1.31. The lowest BCUT2D eigenvalue weighted by molar-refractivity contribution is 0.0998. The van der Waals surface area contributed by atoms with Gasteiger partial charge < -0.3 is 4.90 Å². The molecule has 1 rings (SSSR count). The summed E-state index contributed by atoms with van der Waals surface area (Å²) in [5.41, 5.74) is 1.71. The van der Waals surface area contributed by atoms with Crippen molar-refractivity contribution in [2.24, 2.45) is 0 Å². The molecular formula is C11H13Br2NO. The average Bonchev–Trinajstić information content (AvgIpc) is 2.27. The number of rotatable bonds is 4. The maximum absolute atomic E-state index is 12.0. The third-order valence-electron chi connectivity index (χ3n) is 2.07. The Morgan fingerprint density at radius 1 is 1.40 bits per heavy atom. The number of hydrogen-bond donors (Lipinski definition) is 0. The molecule has 0 radical (unpaired) electrons. The van der Waals surface area contributed by atoms with Gasteiger partial charge in [0.15, 0.2) is 5.78 Å². The molecule has 0 aliphatic carbocycles. The molecule has 0 saturated carbocycles. The van der Waals surface area contributed by atoms with Crippen molar-refractivity contribution in [1.29, 1.82) is 0 Å². The van der Waals surface area contributed by atoms with Crippen molar-refractivity contribution in [2.75, 3.05) is 24.3 Å². The minimum absolute atomic E-state index is 0.108. The second-order valence-electron chi connectivity index (χ2n) is 3.40. The largest absolute Gasteiger partial charge is 0.377 e. The molecule has 0 bridgehead atoms. The number of nitrogens with zero attached hydrogens (tertiary/aromatic N) is 1. The summed E-state index contributed by atoms with van der Waals surface area (Å²) < 4.78 is 0. The van der Waals surface area contributed by atoms with Gasteiger partial charge in [-0.3, -0.25) is 4.79 Å². The van der Waals surface area contributed by atoms with Gasteiger partial charge in [-0.05, 0) is 12.1 Å². The number of benzene rings is 1. The second kappa shape index (κ2) is 5.66. The number of para-hydroxylation sites is 1. The van der Waals surface area contributed by atoms with Gasteiger partial charge >= 0.3 is 0 Å². The maximum atomic E-state index is 12.0. The quantitative estimate of drug-likeness (QED) is 0.623. The summed E-state index contributed by atoms with van der Waals surface area (Å²) in [4.78, 5) is 13.8. The van der Waals surface area contributed by atoms with E-state index in [1.807, 2.05) is 43.3 Å². The van der Waals surface area contributed by atoms with Gasteiger partial charge in [0.2, 0.25) is 0 Å². The van der Waals surface area contributed by atoms with Gasteiger partial charge in [0.25, 0.3) is 0 Å². The molecule has 0 spiro atoms. The summed E-state index contributed by atoms with van der Waals surface area (Å²) in [5.74, 6) is 0.108. The zero-order valence-electron chi connectivity index (χ0n) is 8.71. The van der Waals surface area contributed by atoms with Gasteiger partial charge in [0, 0.05) is 30.7 Å². The van der Waals surface area contributed by atoms with Gasteiger partial charge in [-0.15, -0.1) is 0 Å². The monoisotopic (exact) mass is 333 g/mol. The van der Waals surface area contributed by atoms with Crippen molar-refractivity contribution in [2.45, 2.75) is 4.83 Å². The maximum Gasteiger partial charge on any atom is 0.179 e. The molecule has 1 atom stereocenters. The van der Waals surface area contributed by atoms with Crippen LogP contribution in [0.2, 0.25) is 0 Å². The van der Waals surface area contributed by atoms with E-state index >= 15 is 0 Å². The Labute approximate surface area is 107 Å². The van der Waals surface area contributed by atoms with Crippen molar-refractivity contribution in [3.8, 4) is 0 Å². The number of Topliss-reactive ketones (excluding diaryl/α,β-unsaturated/α-hetero) is 1. The van der Waals surface area contributed by atoms with Crippen molar-refractivity contribution in [3.63, 3.8) is 0 Å². The molecule has 0 N–H and O–H groups in total. The Bertz CT molecular complexity index is 352. The van der Waals surface area contributed by atoms with E-state index < -0.39 is 0 Å². The van der Waals surface area contributed by atoms with Gasteiger partial charge in [0.1, 0.15) is 0 Å². The van der Waals surface area contributed by atoms with Crippen LogP contribution in [0.4, 0.5) is 5.69 Å². The van der Waals surface area contributed by atoms with Crippen LogP contribution in [0.5, 0.6) is 0 Å². The first-order chi connectivity index (χ1) is 7.07. The van der Waals surface area contributed by atoms with E-state index in [1.165, 1.54) is 0 Å². The molecule has 0 aromatic heterocycles. The van der Waals surface area contributed by atoms with E-state index in [4.69, 9.17) is 0 Å². The lowest BCUT2D eigenvalue weighted by Crippen LogP contribution is -2.20. The summed E-state index contributed by atoms with van der Waals surface area (Å²) in [5, 5.41) is 0.619. The molecule has 0 heterocycles. The molecule has 0 fully saturated rings. The lowest BCUT2D eigenvalue weighted by Gasteiger charge is -2.17. The lowest BCUT2D eigenvalue weighted by atomic mass is 10.1. The summed E-state index contributed by atoms with van der Waals surface area (Å²) in [6.45, 7) is 0. The fraction of sp³-hybridized carbons (Fsp3) is 0.364. The van der Waals surface area contributed by atoms with Crippen LogP contribution < -0.4 is 4.90 Å². The van der Waals surface area contributed by atoms with Crippen LogP contribution >= 0.6 is 31.9 Å². The van der Waals surface area contributed by atoms with Crippen molar-refractivity contribution < 1.29 is 4.79 Å². The van der Waals surface area contributed by atoms with E-state index in [2.05, 4.69) is 31.9 Å². The van der Waals surface area contributed by atoms with E-state index in [1.54, 1.807) is 0 Å². The van der Waals surface area contributed by atoms with E-state index in [9.17, 15) is 4.79 Å². The minimum atomic E-state index is -0.168. The van der Waals surface area contributed by atoms with Gasteiger partial charge in [0.05, 0.1) is 4.83 Å². The molecule has 82 valence electrons. The predicted octanol–water partition coefficient (Wildman–Crippen LogP) is 3.09. The van der Waals surface area contributed by atoms with Crippen LogP contribution in [0, 0.1) is 0 Å². The first-order valence-electron chi connectivity index (χ1n) is 4.58. The van der Waals surface area contributed by atoms with Gasteiger partial charge in [-0.1, -0.05) is 44.0 Å². The smallest absolute Gasteiger partial charge is 0.179 e. The highest BCUT2D eigenvalue weighted by molar-refractivity contribution is 9.12. The highest BCUT2D eigenvalue weighted by Crippen LogP contribution is 2.22. The Kier molecular flexibility index (Phi) is 4.80. The molecule has 0 saturated heterocycles. The Hall–Kier alpha value is -0.350. The van der Waals surface area contributed by atoms with Crippen LogP contribution in [-0.4, -0.2) is 30.0 Å². The van der Waals surface area contributed by atoms with E-state index in [0.717, 1.165) is 11.3 Å². The standard InChI is InChI=1S/C11H13Br2NO/c1-14(2)10-6-4-3-5-8(10)11(15)9(13)7-12/h3-6,9H,7H2,1-2H3. The predicted molar refractivity (Wildman–Crippen MR) is 71.6 cm³/mol. The van der Waals surface area contributed by atoms with Gasteiger partial charge in [-0.2, -0.15) is 0 Å².